The van der Waals surface area contributed by atoms with Crippen LogP contribution in [0, 0.1) is 0 Å². The van der Waals surface area contributed by atoms with Crippen molar-refractivity contribution in [3.05, 3.63) is 43.0 Å². The second-order valence-electron chi connectivity index (χ2n) is 7.97. The van der Waals surface area contributed by atoms with Gasteiger partial charge in [-0.1, -0.05) is 18.2 Å². The summed E-state index contributed by atoms with van der Waals surface area (Å²) in [6.07, 6.45) is 2.29. The molecule has 3 rings (SSSR count). The maximum atomic E-state index is 13.7. The maximum absolute atomic E-state index is 13.7. The molecule has 1 unspecified atom stereocenters. The van der Waals surface area contributed by atoms with Gasteiger partial charge in [-0.05, 0) is 39.8 Å². The molecule has 0 radical (unpaired) electrons. The number of para-hydroxylation sites is 1. The summed E-state index contributed by atoms with van der Waals surface area (Å²) in [5.41, 5.74) is 5.65. The lowest BCUT2D eigenvalue weighted by atomic mass is 10.1. The first-order valence-corrected chi connectivity index (χ1v) is 12.3. The summed E-state index contributed by atoms with van der Waals surface area (Å²) in [7, 11) is -3.68. The van der Waals surface area contributed by atoms with E-state index in [1.165, 1.54) is 6.33 Å². The number of hydrogen-bond acceptors (Lipinski definition) is 9. The number of esters is 1. The minimum absolute atomic E-state index is 0.203. The Kier molecular flexibility index (Phi) is 7.68. The van der Waals surface area contributed by atoms with E-state index in [0.717, 1.165) is 0 Å². The smallest absolute Gasteiger partial charge is 0.342 e. The summed E-state index contributed by atoms with van der Waals surface area (Å²) >= 11 is 0. The van der Waals surface area contributed by atoms with Crippen LogP contribution >= 0.6 is 7.52 Å². The van der Waals surface area contributed by atoms with Crippen LogP contribution in [0.3, 0.4) is 0 Å². The molecule has 12 heteroatoms. The molecule has 1 aromatic carbocycles. The number of nitrogens with zero attached hydrogens (tertiary/aromatic N) is 4. The van der Waals surface area contributed by atoms with Gasteiger partial charge in [0.05, 0.1) is 25.6 Å². The Labute approximate surface area is 192 Å². The summed E-state index contributed by atoms with van der Waals surface area (Å²) in [4.78, 5) is 24.7. The molecule has 0 spiro atoms. The predicted molar refractivity (Wildman–Crippen MR) is 124 cm³/mol. The van der Waals surface area contributed by atoms with Gasteiger partial charge in [0.15, 0.2) is 11.5 Å². The summed E-state index contributed by atoms with van der Waals surface area (Å²) in [5, 5.41) is 2.83. The molecule has 3 aromatic rings. The van der Waals surface area contributed by atoms with Gasteiger partial charge in [-0.25, -0.2) is 20.0 Å². The Morgan fingerprint density at radius 3 is 2.67 bits per heavy atom. The predicted octanol–water partition coefficient (Wildman–Crippen LogP) is 2.97. The number of nitrogen functional groups attached to an aromatic ring is 1. The number of benzene rings is 1. The highest BCUT2D eigenvalue weighted by atomic mass is 31.2. The largest absolute Gasteiger partial charge is 0.465 e. The second-order valence-corrected chi connectivity index (χ2v) is 9.98. The number of imidazole rings is 1. The fraction of sp³-hybridized carbons (Fsp3) is 0.429. The molecule has 0 bridgehead atoms. The molecule has 2 atom stereocenters. The number of rotatable bonds is 11. The molecular formula is C21H29N6O5P. The lowest BCUT2D eigenvalue weighted by molar-refractivity contribution is -0.149. The van der Waals surface area contributed by atoms with E-state index in [1.807, 2.05) is 13.0 Å². The van der Waals surface area contributed by atoms with Crippen LogP contribution in [-0.2, 0) is 25.4 Å². The van der Waals surface area contributed by atoms with E-state index in [1.54, 1.807) is 55.9 Å². The number of nitrogens with two attached hydrogens (primary N) is 1. The molecule has 0 aliphatic rings. The van der Waals surface area contributed by atoms with Crippen LogP contribution in [0.5, 0.6) is 5.75 Å². The molecular weight excluding hydrogens is 447 g/mol. The molecule has 0 amide bonds. The van der Waals surface area contributed by atoms with Crippen LogP contribution in [0.25, 0.3) is 11.2 Å². The van der Waals surface area contributed by atoms with Crippen LogP contribution in [0.1, 0.15) is 27.7 Å². The van der Waals surface area contributed by atoms with E-state index in [9.17, 15) is 9.36 Å². The Morgan fingerprint density at radius 2 is 1.97 bits per heavy atom. The fourth-order valence-corrected chi connectivity index (χ4v) is 5.12. The van der Waals surface area contributed by atoms with Crippen molar-refractivity contribution in [2.45, 2.75) is 45.9 Å². The molecule has 0 saturated heterocycles. The van der Waals surface area contributed by atoms with Crippen LogP contribution in [0.2, 0.25) is 0 Å². The molecule has 2 aromatic heterocycles. The van der Waals surface area contributed by atoms with Gasteiger partial charge in [-0.15, -0.1) is 0 Å². The van der Waals surface area contributed by atoms with E-state index in [-0.39, 0.29) is 13.0 Å². The van der Waals surface area contributed by atoms with Gasteiger partial charge in [-0.3, -0.25) is 9.36 Å². The van der Waals surface area contributed by atoms with Crippen molar-refractivity contribution in [1.82, 2.24) is 24.6 Å². The zero-order chi connectivity index (χ0) is 24.1. The molecule has 3 N–H and O–H groups in total. The van der Waals surface area contributed by atoms with Gasteiger partial charge in [0, 0.05) is 0 Å². The average Bonchev–Trinajstić information content (AvgIpc) is 3.17. The van der Waals surface area contributed by atoms with Crippen molar-refractivity contribution < 1.29 is 23.4 Å². The molecule has 33 heavy (non-hydrogen) atoms. The van der Waals surface area contributed by atoms with Gasteiger partial charge in [-0.2, -0.15) is 0 Å². The van der Waals surface area contributed by atoms with Crippen molar-refractivity contribution in [3.63, 3.8) is 0 Å². The SMILES string of the molecule is CCOC(=O)C(C)(C)NP(=O)(CO[C@H](C)Cn1cnc2c(N)ncnc21)Oc1ccccc1. The third kappa shape index (κ3) is 6.28. The number of ether oxygens (including phenoxy) is 2. The molecule has 11 nitrogen and oxygen atoms in total. The van der Waals surface area contributed by atoms with Crippen LogP contribution in [0.15, 0.2) is 43.0 Å². The lowest BCUT2D eigenvalue weighted by Crippen LogP contribution is -2.47. The first kappa shape index (κ1) is 24.6. The number of hydrogen-bond donors (Lipinski definition) is 2. The molecule has 178 valence electrons. The second kappa shape index (κ2) is 10.3. The summed E-state index contributed by atoms with van der Waals surface area (Å²) < 4.78 is 32.3. The zero-order valence-electron chi connectivity index (χ0n) is 19.1. The van der Waals surface area contributed by atoms with Gasteiger partial charge in [0.25, 0.3) is 0 Å². The Hall–Kier alpha value is -3.01. The van der Waals surface area contributed by atoms with Crippen molar-refractivity contribution in [2.75, 3.05) is 18.7 Å². The standard InChI is InChI=1S/C21H29N6O5P/c1-5-30-20(28)21(3,4)26-33(29,32-16-9-7-6-8-10-16)14-31-15(2)11-27-13-25-17-18(22)23-12-24-19(17)27/h6-10,12-13,15H,5,11,14H2,1-4H3,(H,26,29)(H2,22,23,24)/t15-,33?/m1/s1. The third-order valence-electron chi connectivity index (χ3n) is 4.64. The highest BCUT2D eigenvalue weighted by Crippen LogP contribution is 2.45. The number of nitrogens with one attached hydrogen (secondary N) is 1. The first-order valence-electron chi connectivity index (χ1n) is 10.5. The fourth-order valence-electron chi connectivity index (χ4n) is 3.10. The first-order chi connectivity index (χ1) is 15.6. The molecule has 0 aliphatic carbocycles. The Morgan fingerprint density at radius 1 is 1.24 bits per heavy atom. The Balaban J connectivity index is 1.74. The van der Waals surface area contributed by atoms with E-state index in [2.05, 4.69) is 20.0 Å². The van der Waals surface area contributed by atoms with Gasteiger partial charge >= 0.3 is 13.5 Å². The lowest BCUT2D eigenvalue weighted by Gasteiger charge is -2.30. The maximum Gasteiger partial charge on any atom is 0.342 e. The average molecular weight is 476 g/mol. The summed E-state index contributed by atoms with van der Waals surface area (Å²) in [6.45, 7) is 7.26. The summed E-state index contributed by atoms with van der Waals surface area (Å²) in [5.74, 6) is 0.132. The van der Waals surface area contributed by atoms with Crippen LogP contribution in [0.4, 0.5) is 5.82 Å². The van der Waals surface area contributed by atoms with Crippen molar-refractivity contribution in [3.8, 4) is 5.75 Å². The quantitative estimate of drug-likeness (QED) is 0.313. The molecule has 0 aliphatic heterocycles. The van der Waals surface area contributed by atoms with Crippen LogP contribution in [-0.4, -0.2) is 50.1 Å². The van der Waals surface area contributed by atoms with Crippen molar-refractivity contribution >= 4 is 30.5 Å². The zero-order valence-corrected chi connectivity index (χ0v) is 20.0. The van der Waals surface area contributed by atoms with Crippen LogP contribution < -0.4 is 15.3 Å². The summed E-state index contributed by atoms with van der Waals surface area (Å²) in [6, 6.07) is 8.69. The van der Waals surface area contributed by atoms with E-state index in [0.29, 0.717) is 29.3 Å². The highest BCUT2D eigenvalue weighted by Gasteiger charge is 2.39. The number of carbonyl (C=O) groups is 1. The van der Waals surface area contributed by atoms with E-state index >= 15 is 0 Å². The molecule has 0 fully saturated rings. The number of aromatic nitrogens is 4. The molecule has 0 saturated carbocycles. The number of anilines is 1. The van der Waals surface area contributed by atoms with E-state index in [4.69, 9.17) is 19.7 Å². The Bertz CT molecular complexity index is 1140. The van der Waals surface area contributed by atoms with Gasteiger partial charge < -0.3 is 24.3 Å². The number of fused-ring (bicyclic) bond motifs is 1. The van der Waals surface area contributed by atoms with E-state index < -0.39 is 25.1 Å². The third-order valence-corrected chi connectivity index (χ3v) is 6.54. The normalized spacial score (nSPS) is 14.5. The number of carbonyl (C=O) groups excluding carboxylic acids is 1. The minimum Gasteiger partial charge on any atom is -0.465 e. The molecule has 2 heterocycles. The highest BCUT2D eigenvalue weighted by molar-refractivity contribution is 7.57. The van der Waals surface area contributed by atoms with Gasteiger partial charge in [0.2, 0.25) is 0 Å². The minimum atomic E-state index is -3.68. The monoisotopic (exact) mass is 476 g/mol. The van der Waals surface area contributed by atoms with Crippen molar-refractivity contribution in [2.24, 2.45) is 0 Å². The van der Waals surface area contributed by atoms with Gasteiger partial charge in [0.1, 0.15) is 29.5 Å². The topological polar surface area (TPSA) is 143 Å². The van der Waals surface area contributed by atoms with Crippen molar-refractivity contribution in [1.29, 1.82) is 0 Å².